The van der Waals surface area contributed by atoms with Gasteiger partial charge in [0.15, 0.2) is 5.78 Å². The second-order valence-electron chi connectivity index (χ2n) is 6.39. The molecule has 0 bridgehead atoms. The fourth-order valence-corrected chi connectivity index (χ4v) is 3.20. The van der Waals surface area contributed by atoms with Crippen LogP contribution in [0.15, 0.2) is 53.1 Å². The van der Waals surface area contributed by atoms with Crippen molar-refractivity contribution >= 4 is 5.78 Å². The molecule has 4 nitrogen and oxygen atoms in total. The molecule has 22 heavy (non-hydrogen) atoms. The molecule has 0 saturated carbocycles. The molecule has 112 valence electrons. The number of ketones is 1. The molecule has 1 unspecified atom stereocenters. The summed E-state index contributed by atoms with van der Waals surface area (Å²) in [7, 11) is 0. The largest absolute Gasteiger partial charge is 0.444 e. The van der Waals surface area contributed by atoms with E-state index in [1.807, 2.05) is 44.2 Å². The van der Waals surface area contributed by atoms with E-state index in [1.54, 1.807) is 0 Å². The molecular weight excluding hydrogens is 276 g/mol. The van der Waals surface area contributed by atoms with Crippen LogP contribution in [0.5, 0.6) is 0 Å². The molecule has 0 amide bonds. The highest BCUT2D eigenvalue weighted by Crippen LogP contribution is 2.49. The van der Waals surface area contributed by atoms with E-state index in [1.165, 1.54) is 0 Å². The van der Waals surface area contributed by atoms with Crippen molar-refractivity contribution in [2.24, 2.45) is 11.1 Å². The predicted molar refractivity (Wildman–Crippen MR) is 82.1 cm³/mol. The third kappa shape index (κ3) is 2.10. The van der Waals surface area contributed by atoms with Gasteiger partial charge in [-0.2, -0.15) is 5.26 Å². The monoisotopic (exact) mass is 294 g/mol. The Labute approximate surface area is 129 Å². The number of hydrogen-bond donors (Lipinski definition) is 1. The smallest absolute Gasteiger partial charge is 0.205 e. The van der Waals surface area contributed by atoms with Crippen LogP contribution in [0, 0.1) is 16.7 Å². The first kappa shape index (κ1) is 14.4. The Balaban J connectivity index is 2.25. The van der Waals surface area contributed by atoms with Gasteiger partial charge in [0.2, 0.25) is 5.88 Å². The fraction of sp³-hybridized carbons (Fsp3) is 0.333. The van der Waals surface area contributed by atoms with Crippen molar-refractivity contribution in [3.8, 4) is 6.07 Å². The number of nitrogens with two attached hydrogens (primary N) is 1. The van der Waals surface area contributed by atoms with E-state index in [9.17, 15) is 10.1 Å². The number of carbonyl (C=O) groups excluding carboxylic acids is 1. The van der Waals surface area contributed by atoms with Crippen LogP contribution in [0.25, 0.3) is 0 Å². The van der Waals surface area contributed by atoms with Gasteiger partial charge in [-0.15, -0.1) is 0 Å². The first-order chi connectivity index (χ1) is 10.5. The molecule has 0 aromatic heterocycles. The molecule has 0 radical (unpaired) electrons. The minimum absolute atomic E-state index is 0.0448. The number of rotatable bonds is 1. The molecular formula is C18H18N2O2. The lowest BCUT2D eigenvalue weighted by molar-refractivity contribution is -0.117. The maximum Gasteiger partial charge on any atom is 0.205 e. The van der Waals surface area contributed by atoms with Crippen LogP contribution in [-0.2, 0) is 9.53 Å². The van der Waals surface area contributed by atoms with Crippen LogP contribution in [0.3, 0.4) is 0 Å². The summed E-state index contributed by atoms with van der Waals surface area (Å²) in [4.78, 5) is 12.6. The zero-order chi connectivity index (χ0) is 15.9. The SMILES string of the molecule is CC1(C)CCC(=O)C2=C1OC(N)=C(C#N)C2c1ccccc1. The van der Waals surface area contributed by atoms with Crippen LogP contribution in [0.1, 0.15) is 38.2 Å². The van der Waals surface area contributed by atoms with Gasteiger partial charge < -0.3 is 10.5 Å². The molecule has 1 atom stereocenters. The molecule has 2 N–H and O–H groups in total. The van der Waals surface area contributed by atoms with Gasteiger partial charge in [-0.25, -0.2) is 0 Å². The fourth-order valence-electron chi connectivity index (χ4n) is 3.20. The molecule has 2 aliphatic rings. The molecule has 1 aliphatic carbocycles. The quantitative estimate of drug-likeness (QED) is 0.863. The van der Waals surface area contributed by atoms with Crippen LogP contribution >= 0.6 is 0 Å². The maximum absolute atomic E-state index is 12.6. The average molecular weight is 294 g/mol. The molecule has 4 heteroatoms. The molecule has 1 aromatic carbocycles. The summed E-state index contributed by atoms with van der Waals surface area (Å²) in [6.07, 6.45) is 1.19. The lowest BCUT2D eigenvalue weighted by Gasteiger charge is -2.39. The van der Waals surface area contributed by atoms with Crippen molar-refractivity contribution < 1.29 is 9.53 Å². The lowest BCUT2D eigenvalue weighted by Crippen LogP contribution is -2.35. The van der Waals surface area contributed by atoms with E-state index in [2.05, 4.69) is 6.07 Å². The Morgan fingerprint density at radius 3 is 2.64 bits per heavy atom. The van der Waals surface area contributed by atoms with Gasteiger partial charge in [0, 0.05) is 17.4 Å². The molecule has 0 saturated heterocycles. The number of allylic oxidation sites excluding steroid dienone is 3. The number of Topliss-reactive ketones (excluding diaryl/α,β-unsaturated/α-hetero) is 1. The van der Waals surface area contributed by atoms with Crippen molar-refractivity contribution in [3.05, 3.63) is 58.7 Å². The van der Waals surface area contributed by atoms with Gasteiger partial charge in [-0.05, 0) is 12.0 Å². The Morgan fingerprint density at radius 2 is 2.00 bits per heavy atom. The highest BCUT2D eigenvalue weighted by molar-refractivity contribution is 5.99. The van der Waals surface area contributed by atoms with E-state index in [0.717, 1.165) is 12.0 Å². The summed E-state index contributed by atoms with van der Waals surface area (Å²) in [5, 5.41) is 9.50. The molecule has 0 fully saturated rings. The maximum atomic E-state index is 12.6. The Hall–Kier alpha value is -2.54. The van der Waals surface area contributed by atoms with E-state index < -0.39 is 5.92 Å². The molecule has 1 aliphatic heterocycles. The summed E-state index contributed by atoms with van der Waals surface area (Å²) >= 11 is 0. The van der Waals surface area contributed by atoms with Gasteiger partial charge >= 0.3 is 0 Å². The predicted octanol–water partition coefficient (Wildman–Crippen LogP) is 3.14. The van der Waals surface area contributed by atoms with Crippen LogP contribution in [0.2, 0.25) is 0 Å². The van der Waals surface area contributed by atoms with Gasteiger partial charge in [-0.1, -0.05) is 44.2 Å². The standard InChI is InChI=1S/C18H18N2O2/c1-18(2)9-8-13(21)15-14(11-6-4-3-5-7-11)12(10-19)17(20)22-16(15)18/h3-7,14H,8-9,20H2,1-2H3. The Kier molecular flexibility index (Phi) is 3.29. The van der Waals surface area contributed by atoms with E-state index in [0.29, 0.717) is 23.3 Å². The third-order valence-electron chi connectivity index (χ3n) is 4.44. The first-order valence-corrected chi connectivity index (χ1v) is 7.36. The molecule has 1 aromatic rings. The zero-order valence-electron chi connectivity index (χ0n) is 12.7. The second kappa shape index (κ2) is 5.03. The van der Waals surface area contributed by atoms with Crippen LogP contribution < -0.4 is 5.73 Å². The summed E-state index contributed by atoms with van der Waals surface area (Å²) < 4.78 is 5.72. The van der Waals surface area contributed by atoms with E-state index >= 15 is 0 Å². The summed E-state index contributed by atoms with van der Waals surface area (Å²) in [5.41, 5.74) is 7.52. The number of nitriles is 1. The third-order valence-corrected chi connectivity index (χ3v) is 4.44. The lowest BCUT2D eigenvalue weighted by atomic mass is 9.70. The molecule has 3 rings (SSSR count). The van der Waals surface area contributed by atoms with Crippen molar-refractivity contribution in [3.63, 3.8) is 0 Å². The van der Waals surface area contributed by atoms with Crippen molar-refractivity contribution in [2.45, 2.75) is 32.6 Å². The number of carbonyl (C=O) groups is 1. The Bertz CT molecular complexity index is 736. The van der Waals surface area contributed by atoms with E-state index in [4.69, 9.17) is 10.5 Å². The number of nitrogens with zero attached hydrogens (tertiary/aromatic N) is 1. The summed E-state index contributed by atoms with van der Waals surface area (Å²) in [5.74, 6) is 0.345. The first-order valence-electron chi connectivity index (χ1n) is 7.36. The molecule has 1 heterocycles. The van der Waals surface area contributed by atoms with Gasteiger partial charge in [0.1, 0.15) is 17.4 Å². The highest BCUT2D eigenvalue weighted by atomic mass is 16.5. The van der Waals surface area contributed by atoms with Crippen molar-refractivity contribution in [1.82, 2.24) is 0 Å². The second-order valence-corrected chi connectivity index (χ2v) is 6.39. The number of ether oxygens (including phenoxy) is 1. The Morgan fingerprint density at radius 1 is 1.32 bits per heavy atom. The van der Waals surface area contributed by atoms with Crippen LogP contribution in [0.4, 0.5) is 0 Å². The minimum atomic E-state index is -0.429. The average Bonchev–Trinajstić information content (AvgIpc) is 2.51. The van der Waals surface area contributed by atoms with Gasteiger partial charge in [0.25, 0.3) is 0 Å². The highest BCUT2D eigenvalue weighted by Gasteiger charge is 2.44. The number of hydrogen-bond acceptors (Lipinski definition) is 4. The summed E-state index contributed by atoms with van der Waals surface area (Å²) in [6, 6.07) is 11.7. The minimum Gasteiger partial charge on any atom is -0.444 e. The van der Waals surface area contributed by atoms with Crippen molar-refractivity contribution in [1.29, 1.82) is 5.26 Å². The zero-order valence-corrected chi connectivity index (χ0v) is 12.7. The summed E-state index contributed by atoms with van der Waals surface area (Å²) in [6.45, 7) is 4.09. The van der Waals surface area contributed by atoms with Gasteiger partial charge in [-0.3, -0.25) is 4.79 Å². The normalized spacial score (nSPS) is 23.7. The van der Waals surface area contributed by atoms with E-state index in [-0.39, 0.29) is 17.1 Å². The topological polar surface area (TPSA) is 76.1 Å². The molecule has 0 spiro atoms. The number of benzene rings is 1. The van der Waals surface area contributed by atoms with Crippen LogP contribution in [-0.4, -0.2) is 5.78 Å². The van der Waals surface area contributed by atoms with Crippen molar-refractivity contribution in [2.75, 3.05) is 0 Å². The van der Waals surface area contributed by atoms with Gasteiger partial charge in [0.05, 0.1) is 5.92 Å².